The molecule has 0 unspecified atom stereocenters. The zero-order chi connectivity index (χ0) is 22.2. The van der Waals surface area contributed by atoms with E-state index in [1.807, 2.05) is 0 Å². The van der Waals surface area contributed by atoms with Gasteiger partial charge in [0.1, 0.15) is 5.82 Å². The number of amides is 2. The monoisotopic (exact) mass is 440 g/mol. The van der Waals surface area contributed by atoms with Gasteiger partial charge in [0.05, 0.1) is 40.6 Å². The smallest absolute Gasteiger partial charge is 0.383 e. The van der Waals surface area contributed by atoms with Crippen LogP contribution < -0.4 is 11.1 Å². The number of likely N-dealkylation sites (N-methyl/N-ethyl adjacent to an activating group) is 1. The number of carbonyl (C=O) groups excluding carboxylic acids is 2. The summed E-state index contributed by atoms with van der Waals surface area (Å²) < 4.78 is 38.5. The van der Waals surface area contributed by atoms with Crippen molar-refractivity contribution in [3.63, 3.8) is 0 Å². The molecule has 8 nitrogen and oxygen atoms in total. The molecular formula is C18H16ClF3N6O2. The molecule has 0 fully saturated rings. The van der Waals surface area contributed by atoms with Crippen LogP contribution in [0.2, 0.25) is 5.02 Å². The van der Waals surface area contributed by atoms with Crippen molar-refractivity contribution >= 4 is 45.8 Å². The van der Waals surface area contributed by atoms with E-state index in [1.165, 1.54) is 32.4 Å². The van der Waals surface area contributed by atoms with Crippen LogP contribution in [0.1, 0.15) is 24.1 Å². The molecular weight excluding hydrogens is 425 g/mol. The van der Waals surface area contributed by atoms with E-state index in [-0.39, 0.29) is 22.1 Å². The quantitative estimate of drug-likeness (QED) is 0.540. The van der Waals surface area contributed by atoms with Crippen LogP contribution in [0.15, 0.2) is 30.6 Å². The molecule has 1 atom stereocenters. The molecule has 0 saturated heterocycles. The summed E-state index contributed by atoms with van der Waals surface area (Å²) in [6.07, 6.45) is -1.84. The normalized spacial score (nSPS) is 12.6. The first kappa shape index (κ1) is 21.4. The van der Waals surface area contributed by atoms with Crippen molar-refractivity contribution < 1.29 is 22.8 Å². The maximum Gasteiger partial charge on any atom is 0.416 e. The molecule has 3 aromatic rings. The van der Waals surface area contributed by atoms with Crippen LogP contribution in [0.3, 0.4) is 0 Å². The van der Waals surface area contributed by atoms with E-state index in [2.05, 4.69) is 20.5 Å². The predicted molar refractivity (Wildman–Crippen MR) is 105 cm³/mol. The number of nitrogen functional groups attached to an aromatic ring is 1. The fraction of sp³-hybridized carbons (Fsp3) is 0.222. The molecule has 30 heavy (non-hydrogen) atoms. The van der Waals surface area contributed by atoms with Crippen molar-refractivity contribution in [1.82, 2.24) is 20.1 Å². The second kappa shape index (κ2) is 7.82. The van der Waals surface area contributed by atoms with Crippen LogP contribution in [0, 0.1) is 0 Å². The Morgan fingerprint density at radius 2 is 2.00 bits per heavy atom. The average Bonchev–Trinajstić information content (AvgIpc) is 3.18. The second-order valence-corrected chi connectivity index (χ2v) is 6.90. The highest BCUT2D eigenvalue weighted by atomic mass is 35.5. The lowest BCUT2D eigenvalue weighted by Gasteiger charge is -2.26. The van der Waals surface area contributed by atoms with Gasteiger partial charge in [0, 0.05) is 12.1 Å². The van der Waals surface area contributed by atoms with E-state index >= 15 is 0 Å². The molecule has 0 spiro atoms. The second-order valence-electron chi connectivity index (χ2n) is 6.50. The fourth-order valence-corrected chi connectivity index (χ4v) is 3.15. The van der Waals surface area contributed by atoms with Crippen molar-refractivity contribution in [3.05, 3.63) is 46.7 Å². The zero-order valence-electron chi connectivity index (χ0n) is 15.7. The van der Waals surface area contributed by atoms with Crippen LogP contribution in [0.5, 0.6) is 0 Å². The van der Waals surface area contributed by atoms with Gasteiger partial charge in [0.25, 0.3) is 0 Å². The van der Waals surface area contributed by atoms with Crippen molar-refractivity contribution in [3.8, 4) is 0 Å². The molecule has 2 amide bonds. The molecule has 158 valence electrons. The molecule has 1 aromatic carbocycles. The maximum absolute atomic E-state index is 12.8. The summed E-state index contributed by atoms with van der Waals surface area (Å²) in [7, 11) is 1.34. The number of hydrogen-bond donors (Lipinski definition) is 3. The van der Waals surface area contributed by atoms with Crippen LogP contribution in [0.4, 0.5) is 24.7 Å². The van der Waals surface area contributed by atoms with Crippen molar-refractivity contribution in [2.24, 2.45) is 0 Å². The largest absolute Gasteiger partial charge is 0.416 e. The molecule has 12 heteroatoms. The highest BCUT2D eigenvalue weighted by molar-refractivity contribution is 6.40. The van der Waals surface area contributed by atoms with Crippen molar-refractivity contribution in [2.45, 2.75) is 19.1 Å². The summed E-state index contributed by atoms with van der Waals surface area (Å²) in [6.45, 7) is 1.54. The van der Waals surface area contributed by atoms with E-state index in [0.29, 0.717) is 10.9 Å². The van der Waals surface area contributed by atoms with E-state index < -0.39 is 29.6 Å². The van der Waals surface area contributed by atoms with Gasteiger partial charge < -0.3 is 16.0 Å². The minimum Gasteiger partial charge on any atom is -0.383 e. The van der Waals surface area contributed by atoms with Crippen LogP contribution in [-0.4, -0.2) is 38.9 Å². The number of benzene rings is 1. The summed E-state index contributed by atoms with van der Waals surface area (Å²) in [5.41, 5.74) is 5.67. The summed E-state index contributed by atoms with van der Waals surface area (Å²) >= 11 is 5.99. The average molecular weight is 441 g/mol. The first-order chi connectivity index (χ1) is 14.0. The van der Waals surface area contributed by atoms with Gasteiger partial charge in [-0.25, -0.2) is 4.98 Å². The molecule has 2 aromatic heterocycles. The first-order valence-electron chi connectivity index (χ1n) is 8.53. The standard InChI is InChI=1S/C18H16ClF3N6O2/c1-8(10-4-3-9(5-12(10)19)18(20,21)22)28(2)17(30)16(29)26-13-7-24-15(23)11-6-25-27-14(11)13/h3-8H,1-2H3,(H2,23,24)(H,25,27)(H,26,29)/t8-/m0/s1. The highest BCUT2D eigenvalue weighted by Gasteiger charge is 2.32. The van der Waals surface area contributed by atoms with Crippen LogP contribution in [-0.2, 0) is 15.8 Å². The van der Waals surface area contributed by atoms with E-state index in [0.717, 1.165) is 17.0 Å². The number of alkyl halides is 3. The highest BCUT2D eigenvalue weighted by Crippen LogP contribution is 2.35. The number of nitrogens with two attached hydrogens (primary N) is 1. The number of aromatic amines is 1. The molecule has 0 bridgehead atoms. The topological polar surface area (TPSA) is 117 Å². The van der Waals surface area contributed by atoms with E-state index in [9.17, 15) is 22.8 Å². The number of rotatable bonds is 3. The Hall–Kier alpha value is -3.34. The lowest BCUT2D eigenvalue weighted by atomic mass is 10.0. The van der Waals surface area contributed by atoms with E-state index in [1.54, 1.807) is 0 Å². The molecule has 0 aliphatic heterocycles. The van der Waals surface area contributed by atoms with E-state index in [4.69, 9.17) is 17.3 Å². The summed E-state index contributed by atoms with van der Waals surface area (Å²) in [5.74, 6) is -1.71. The molecule has 0 saturated carbocycles. The van der Waals surface area contributed by atoms with Gasteiger partial charge in [-0.15, -0.1) is 0 Å². The number of fused-ring (bicyclic) bond motifs is 1. The first-order valence-corrected chi connectivity index (χ1v) is 8.90. The Morgan fingerprint density at radius 1 is 1.30 bits per heavy atom. The number of anilines is 2. The molecule has 4 N–H and O–H groups in total. The zero-order valence-corrected chi connectivity index (χ0v) is 16.5. The van der Waals surface area contributed by atoms with Crippen LogP contribution in [0.25, 0.3) is 10.9 Å². The number of carbonyl (C=O) groups is 2. The summed E-state index contributed by atoms with van der Waals surface area (Å²) in [5, 5.41) is 9.21. The van der Waals surface area contributed by atoms with Gasteiger partial charge in [-0.05, 0) is 24.6 Å². The maximum atomic E-state index is 12.8. The van der Waals surface area contributed by atoms with Gasteiger partial charge in [0.15, 0.2) is 0 Å². The van der Waals surface area contributed by atoms with Gasteiger partial charge in [-0.2, -0.15) is 18.3 Å². The number of halogens is 4. The molecule has 2 heterocycles. The SMILES string of the molecule is C[C@@H](c1ccc(C(F)(F)F)cc1Cl)N(C)C(=O)C(=O)Nc1cnc(N)c2cn[nH]c12. The molecule has 0 aliphatic rings. The lowest BCUT2D eigenvalue weighted by molar-refractivity contribution is -0.143. The number of nitrogens with one attached hydrogen (secondary N) is 2. The van der Waals surface area contributed by atoms with Gasteiger partial charge in [-0.3, -0.25) is 14.7 Å². The Bertz CT molecular complexity index is 1130. The molecule has 3 rings (SSSR count). The molecule has 0 radical (unpaired) electrons. The number of H-pyrrole nitrogens is 1. The summed E-state index contributed by atoms with van der Waals surface area (Å²) in [6, 6.07) is 2.05. The Kier molecular flexibility index (Phi) is 5.57. The number of aromatic nitrogens is 3. The minimum atomic E-state index is -4.54. The Morgan fingerprint density at radius 3 is 2.63 bits per heavy atom. The third-order valence-electron chi connectivity index (χ3n) is 4.64. The predicted octanol–water partition coefficient (Wildman–Crippen LogP) is 3.37. The third kappa shape index (κ3) is 4.01. The summed E-state index contributed by atoms with van der Waals surface area (Å²) in [4.78, 5) is 30.0. The van der Waals surface area contributed by atoms with Gasteiger partial charge >= 0.3 is 18.0 Å². The lowest BCUT2D eigenvalue weighted by Crippen LogP contribution is -2.38. The number of hydrogen-bond acceptors (Lipinski definition) is 5. The van der Waals surface area contributed by atoms with Crippen LogP contribution >= 0.6 is 11.6 Å². The van der Waals surface area contributed by atoms with Gasteiger partial charge in [0.2, 0.25) is 0 Å². The minimum absolute atomic E-state index is 0.167. The third-order valence-corrected chi connectivity index (χ3v) is 4.97. The fourth-order valence-electron chi connectivity index (χ4n) is 2.81. The van der Waals surface area contributed by atoms with Crippen molar-refractivity contribution in [1.29, 1.82) is 0 Å². The van der Waals surface area contributed by atoms with Gasteiger partial charge in [-0.1, -0.05) is 17.7 Å². The molecule has 0 aliphatic carbocycles. The number of pyridine rings is 1. The van der Waals surface area contributed by atoms with Crippen molar-refractivity contribution in [2.75, 3.05) is 18.1 Å². The number of nitrogens with zero attached hydrogens (tertiary/aromatic N) is 3. The Balaban J connectivity index is 1.78. The Labute approximate surface area is 173 Å².